The van der Waals surface area contributed by atoms with E-state index in [0.29, 0.717) is 0 Å². The van der Waals surface area contributed by atoms with Crippen molar-refractivity contribution in [2.24, 2.45) is 0 Å². The first-order valence-electron chi connectivity index (χ1n) is 11.3. The molecule has 1 aliphatic heterocycles. The number of aromatic nitrogens is 2. The molecule has 0 saturated carbocycles. The predicted molar refractivity (Wildman–Crippen MR) is 136 cm³/mol. The SMILES string of the molecule is Cc1cccc(C)c1-c1cnc2c3[c-]cccc3c3cc(N4CCCCC4)ccc3n12.[CH3-].[Pt+2].[Y]. The van der Waals surface area contributed by atoms with Gasteiger partial charge in [-0.05, 0) is 67.8 Å². The molecule has 0 amide bonds. The number of benzene rings is 3. The van der Waals surface area contributed by atoms with Crippen LogP contribution in [0, 0.1) is 27.3 Å². The minimum absolute atomic E-state index is 0. The van der Waals surface area contributed by atoms with Gasteiger partial charge in [0.25, 0.3) is 0 Å². The van der Waals surface area contributed by atoms with Gasteiger partial charge in [0.05, 0.1) is 11.3 Å². The van der Waals surface area contributed by atoms with Crippen LogP contribution in [0.4, 0.5) is 5.69 Å². The van der Waals surface area contributed by atoms with Gasteiger partial charge < -0.3 is 16.7 Å². The van der Waals surface area contributed by atoms with Gasteiger partial charge in [-0.3, -0.25) is 4.98 Å². The second-order valence-electron chi connectivity index (χ2n) is 8.78. The molecule has 0 bridgehead atoms. The second-order valence-corrected chi connectivity index (χ2v) is 8.78. The largest absolute Gasteiger partial charge is 2.00 e. The zero-order valence-corrected chi connectivity index (χ0v) is 25.2. The molecule has 173 valence electrons. The van der Waals surface area contributed by atoms with Crippen molar-refractivity contribution in [2.75, 3.05) is 18.0 Å². The first-order valence-corrected chi connectivity index (χ1v) is 11.3. The van der Waals surface area contributed by atoms with Gasteiger partial charge in [-0.2, -0.15) is 0 Å². The summed E-state index contributed by atoms with van der Waals surface area (Å²) in [5.41, 5.74) is 8.48. The first-order chi connectivity index (χ1) is 15.2. The van der Waals surface area contributed by atoms with Crippen LogP contribution in [-0.2, 0) is 53.8 Å². The van der Waals surface area contributed by atoms with Gasteiger partial charge in [0, 0.05) is 68.8 Å². The number of hydrogen-bond donors (Lipinski definition) is 0. The summed E-state index contributed by atoms with van der Waals surface area (Å²) in [6.45, 7) is 6.67. The topological polar surface area (TPSA) is 20.5 Å². The maximum atomic E-state index is 4.89. The average Bonchev–Trinajstić information content (AvgIpc) is 3.24. The van der Waals surface area contributed by atoms with Crippen molar-refractivity contribution in [3.63, 3.8) is 0 Å². The van der Waals surface area contributed by atoms with E-state index in [0.717, 1.165) is 29.8 Å². The Morgan fingerprint density at radius 2 is 1.62 bits per heavy atom. The monoisotopic (exact) mass is 703 g/mol. The molecule has 0 atom stereocenters. The van der Waals surface area contributed by atoms with Gasteiger partial charge in [0.1, 0.15) is 0 Å². The molecule has 5 aromatic rings. The third-order valence-corrected chi connectivity index (χ3v) is 6.81. The Balaban J connectivity index is 0.00000108. The molecule has 3 heterocycles. The number of aryl methyl sites for hydroxylation is 2. The van der Waals surface area contributed by atoms with E-state index in [1.807, 2.05) is 12.3 Å². The molecule has 34 heavy (non-hydrogen) atoms. The molecule has 0 N–H and O–H groups in total. The van der Waals surface area contributed by atoms with E-state index in [2.05, 4.69) is 77.7 Å². The standard InChI is InChI=1S/C28H26N3.CH3.Pt.Y/c1-19-9-8-10-20(2)27(19)26-18-29-28-23-12-5-4-11-22(23)24-17-21(13-14-25(24)31(26)28)30-15-6-3-7-16-30;;;/h4-5,8-11,13-14,17-18H,3,6-7,15-16H2,1-2H3;1H3;;/q2*-1;+2;. The van der Waals surface area contributed by atoms with E-state index >= 15 is 0 Å². The minimum Gasteiger partial charge on any atom is -0.372 e. The zero-order chi connectivity index (χ0) is 20.9. The Morgan fingerprint density at radius 3 is 2.35 bits per heavy atom. The number of rotatable bonds is 2. The Morgan fingerprint density at radius 1 is 0.882 bits per heavy atom. The van der Waals surface area contributed by atoms with Crippen LogP contribution in [0.15, 0.2) is 60.8 Å². The summed E-state index contributed by atoms with van der Waals surface area (Å²) in [5, 5.41) is 3.58. The number of anilines is 1. The molecule has 1 saturated heterocycles. The number of fused-ring (bicyclic) bond motifs is 6. The predicted octanol–water partition coefficient (Wildman–Crippen LogP) is 7.16. The number of nitrogens with zero attached hydrogens (tertiary/aromatic N) is 3. The Kier molecular flexibility index (Phi) is 8.77. The molecule has 6 rings (SSSR count). The van der Waals surface area contributed by atoms with E-state index in [1.54, 1.807) is 0 Å². The molecule has 5 heteroatoms. The van der Waals surface area contributed by atoms with Crippen molar-refractivity contribution >= 4 is 33.0 Å². The van der Waals surface area contributed by atoms with Crippen LogP contribution in [0.3, 0.4) is 0 Å². The number of imidazole rings is 1. The molecule has 1 aliphatic rings. The molecular formula is C29H29N3PtY. The van der Waals surface area contributed by atoms with Crippen LogP contribution >= 0.6 is 0 Å². The van der Waals surface area contributed by atoms with Crippen molar-refractivity contribution in [2.45, 2.75) is 33.1 Å². The Hall–Kier alpha value is -1.54. The van der Waals surface area contributed by atoms with E-state index < -0.39 is 0 Å². The van der Waals surface area contributed by atoms with Crippen LogP contribution in [0.5, 0.6) is 0 Å². The third-order valence-electron chi connectivity index (χ3n) is 6.81. The molecule has 0 unspecified atom stereocenters. The third kappa shape index (κ3) is 4.41. The van der Waals surface area contributed by atoms with Gasteiger partial charge in [-0.15, -0.1) is 29.7 Å². The molecule has 0 aliphatic carbocycles. The van der Waals surface area contributed by atoms with E-state index in [1.165, 1.54) is 57.9 Å². The first kappa shape index (κ1) is 27.1. The fraction of sp³-hybridized carbons (Fsp3) is 0.241. The summed E-state index contributed by atoms with van der Waals surface area (Å²) in [6.07, 6.45) is 5.94. The van der Waals surface area contributed by atoms with Crippen molar-refractivity contribution in [3.8, 4) is 11.3 Å². The quantitative estimate of drug-likeness (QED) is 0.144. The van der Waals surface area contributed by atoms with Gasteiger partial charge in [0.15, 0.2) is 0 Å². The van der Waals surface area contributed by atoms with Crippen molar-refractivity contribution in [3.05, 3.63) is 85.4 Å². The van der Waals surface area contributed by atoms with Crippen LogP contribution in [0.2, 0.25) is 0 Å². The Bertz CT molecular complexity index is 1430. The molecule has 3 nitrogen and oxygen atoms in total. The van der Waals surface area contributed by atoms with Crippen LogP contribution < -0.4 is 4.90 Å². The number of piperidine rings is 1. The van der Waals surface area contributed by atoms with E-state index in [4.69, 9.17) is 4.98 Å². The van der Waals surface area contributed by atoms with Gasteiger partial charge in [0.2, 0.25) is 0 Å². The molecule has 1 radical (unpaired) electrons. The van der Waals surface area contributed by atoms with Crippen LogP contribution in [0.1, 0.15) is 30.4 Å². The van der Waals surface area contributed by atoms with Gasteiger partial charge in [-0.1, -0.05) is 23.6 Å². The number of hydrogen-bond acceptors (Lipinski definition) is 2. The second kappa shape index (κ2) is 11.0. The summed E-state index contributed by atoms with van der Waals surface area (Å²) in [4.78, 5) is 7.42. The van der Waals surface area contributed by atoms with Gasteiger partial charge in [-0.25, -0.2) is 0 Å². The minimum atomic E-state index is 0. The molecule has 3 aromatic carbocycles. The fourth-order valence-corrected chi connectivity index (χ4v) is 5.30. The smallest absolute Gasteiger partial charge is 0.372 e. The van der Waals surface area contributed by atoms with E-state index in [9.17, 15) is 0 Å². The molecule has 0 spiro atoms. The maximum Gasteiger partial charge on any atom is 2.00 e. The summed E-state index contributed by atoms with van der Waals surface area (Å²) >= 11 is 0. The summed E-state index contributed by atoms with van der Waals surface area (Å²) in [5.74, 6) is 0. The van der Waals surface area contributed by atoms with Crippen LogP contribution in [0.25, 0.3) is 38.6 Å². The Labute approximate surface area is 242 Å². The molecule has 2 aromatic heterocycles. The zero-order valence-electron chi connectivity index (χ0n) is 20.0. The summed E-state index contributed by atoms with van der Waals surface area (Å²) in [7, 11) is 0. The normalized spacial score (nSPS) is 13.4. The van der Waals surface area contributed by atoms with Gasteiger partial charge >= 0.3 is 21.1 Å². The number of pyridine rings is 1. The summed E-state index contributed by atoms with van der Waals surface area (Å²) in [6, 6.07) is 23.2. The van der Waals surface area contributed by atoms with E-state index in [-0.39, 0.29) is 61.2 Å². The van der Waals surface area contributed by atoms with Crippen LogP contribution in [-0.4, -0.2) is 22.5 Å². The fourth-order valence-electron chi connectivity index (χ4n) is 5.30. The maximum absolute atomic E-state index is 4.89. The average molecular weight is 704 g/mol. The summed E-state index contributed by atoms with van der Waals surface area (Å²) < 4.78 is 2.34. The van der Waals surface area contributed by atoms with Crippen molar-refractivity contribution in [1.29, 1.82) is 0 Å². The van der Waals surface area contributed by atoms with Crippen molar-refractivity contribution < 1.29 is 53.8 Å². The molecular weight excluding hydrogens is 674 g/mol. The molecule has 1 fully saturated rings. The van der Waals surface area contributed by atoms with Crippen molar-refractivity contribution in [1.82, 2.24) is 9.38 Å².